The van der Waals surface area contributed by atoms with Crippen molar-refractivity contribution in [1.29, 1.82) is 0 Å². The summed E-state index contributed by atoms with van der Waals surface area (Å²) in [5.74, 6) is -0.837. The van der Waals surface area contributed by atoms with Crippen LogP contribution in [0.25, 0.3) is 0 Å². The number of methoxy groups -OCH3 is 1. The Morgan fingerprint density at radius 2 is 1.52 bits per heavy atom. The van der Waals surface area contributed by atoms with Gasteiger partial charge in [-0.05, 0) is 43.4 Å². The number of nitrogens with zero attached hydrogens (tertiary/aromatic N) is 1. The summed E-state index contributed by atoms with van der Waals surface area (Å²) in [6, 6.07) is 7.19. The Hall–Kier alpha value is -1.79. The van der Waals surface area contributed by atoms with E-state index in [1.54, 1.807) is 12.2 Å². The Bertz CT molecular complexity index is 1100. The number of fused-ring (bicyclic) bond motifs is 2. The third-order valence-electron chi connectivity index (χ3n) is 10.1. The van der Waals surface area contributed by atoms with Crippen LogP contribution < -0.4 is 4.74 Å². The van der Waals surface area contributed by atoms with Gasteiger partial charge in [0.25, 0.3) is 0 Å². The lowest BCUT2D eigenvalue weighted by Crippen LogP contribution is -2.49. The van der Waals surface area contributed by atoms with Crippen LogP contribution in [0.15, 0.2) is 24.3 Å². The average molecular weight is 558 g/mol. The van der Waals surface area contributed by atoms with E-state index in [-0.39, 0.29) is 30.2 Å². The van der Waals surface area contributed by atoms with Crippen LogP contribution in [0.4, 0.5) is 0 Å². The van der Waals surface area contributed by atoms with Gasteiger partial charge in [0, 0.05) is 25.7 Å². The first-order valence-electron chi connectivity index (χ1n) is 15.2. The number of benzene rings is 1. The summed E-state index contributed by atoms with van der Waals surface area (Å²) in [5.41, 5.74) is 0.960. The lowest BCUT2D eigenvalue weighted by Gasteiger charge is -2.36. The summed E-state index contributed by atoms with van der Waals surface area (Å²) >= 11 is 0. The molecule has 5 heterocycles. The van der Waals surface area contributed by atoms with E-state index in [1.165, 1.54) is 12.8 Å². The summed E-state index contributed by atoms with van der Waals surface area (Å²) < 4.78 is 44.2. The van der Waals surface area contributed by atoms with Gasteiger partial charge < -0.3 is 33.2 Å². The first kappa shape index (κ1) is 25.9. The molecule has 0 N–H and O–H groups in total. The molecular weight excluding hydrogens is 518 g/mol. The van der Waals surface area contributed by atoms with Crippen LogP contribution in [0.5, 0.6) is 5.75 Å². The number of carbonyl (C=O) groups excluding carboxylic acids is 1. The molecule has 8 atom stereocenters. The minimum atomic E-state index is -0.635. The lowest BCUT2D eigenvalue weighted by molar-refractivity contribution is -0.301. The number of rotatable bonds is 4. The van der Waals surface area contributed by atoms with Crippen molar-refractivity contribution in [3.63, 3.8) is 0 Å². The molecule has 8 rings (SSSR count). The van der Waals surface area contributed by atoms with Crippen molar-refractivity contribution in [2.45, 2.75) is 119 Å². The van der Waals surface area contributed by atoms with Crippen LogP contribution in [-0.2, 0) is 38.1 Å². The van der Waals surface area contributed by atoms with E-state index >= 15 is 0 Å². The third kappa shape index (κ3) is 4.13. The Morgan fingerprint density at radius 1 is 0.825 bits per heavy atom. The van der Waals surface area contributed by atoms with Gasteiger partial charge >= 0.3 is 5.97 Å². The molecule has 7 aliphatic rings. The average Bonchev–Trinajstić information content (AvgIpc) is 3.79. The highest BCUT2D eigenvalue weighted by molar-refractivity contribution is 5.78. The van der Waals surface area contributed by atoms with Gasteiger partial charge in [0.05, 0.1) is 26.2 Å². The second-order valence-corrected chi connectivity index (χ2v) is 12.5. The van der Waals surface area contributed by atoms with Crippen LogP contribution in [-0.4, -0.2) is 79.6 Å². The van der Waals surface area contributed by atoms with Crippen molar-refractivity contribution in [2.75, 3.05) is 20.3 Å². The molecule has 2 spiro atoms. The first-order valence-corrected chi connectivity index (χ1v) is 15.2. The SMILES string of the molecule is COc1ccc([C@H]2ON([C@@H]3O[C@H]([C@@H]4COC5(CCCCC5)O4)[C@@H]4OC5(CCCCC5)O[C@@H]43)[C@@H]3C(=O)OC[C@H]23)cc1. The number of hydrogen-bond donors (Lipinski definition) is 0. The summed E-state index contributed by atoms with van der Waals surface area (Å²) in [6.45, 7) is 0.755. The zero-order valence-corrected chi connectivity index (χ0v) is 23.0. The van der Waals surface area contributed by atoms with Gasteiger partial charge in [0.15, 0.2) is 17.8 Å². The van der Waals surface area contributed by atoms with E-state index in [9.17, 15) is 4.79 Å². The fourth-order valence-electron chi connectivity index (χ4n) is 8.04. The number of ether oxygens (including phenoxy) is 7. The second-order valence-electron chi connectivity index (χ2n) is 12.5. The monoisotopic (exact) mass is 557 g/mol. The molecule has 1 aromatic carbocycles. The predicted molar refractivity (Wildman–Crippen MR) is 138 cm³/mol. The Kier molecular flexibility index (Phi) is 6.40. The predicted octanol–water partition coefficient (Wildman–Crippen LogP) is 3.77. The van der Waals surface area contributed by atoms with Gasteiger partial charge in [-0.15, -0.1) is 5.06 Å². The van der Waals surface area contributed by atoms with Crippen molar-refractivity contribution >= 4 is 5.97 Å². The zero-order chi connectivity index (χ0) is 26.9. The molecule has 10 heteroatoms. The van der Waals surface area contributed by atoms with Crippen LogP contribution in [0.3, 0.4) is 0 Å². The molecule has 0 aromatic heterocycles. The molecule has 5 aliphatic heterocycles. The number of hydrogen-bond acceptors (Lipinski definition) is 10. The zero-order valence-electron chi connectivity index (χ0n) is 23.0. The summed E-state index contributed by atoms with van der Waals surface area (Å²) in [5, 5.41) is 1.71. The second kappa shape index (κ2) is 9.90. The maximum atomic E-state index is 13.1. The highest BCUT2D eigenvalue weighted by atomic mass is 16.8. The normalized spacial score (nSPS) is 41.9. The van der Waals surface area contributed by atoms with Gasteiger partial charge in [-0.2, -0.15) is 0 Å². The Morgan fingerprint density at radius 3 is 2.25 bits per heavy atom. The van der Waals surface area contributed by atoms with Gasteiger partial charge in [-0.1, -0.05) is 25.0 Å². The molecule has 218 valence electrons. The quantitative estimate of drug-likeness (QED) is 0.509. The molecule has 2 saturated carbocycles. The molecule has 0 amide bonds. The van der Waals surface area contributed by atoms with E-state index in [2.05, 4.69) is 0 Å². The number of hydroxylamine groups is 2. The van der Waals surface area contributed by atoms with Crippen LogP contribution in [0.2, 0.25) is 0 Å². The molecule has 40 heavy (non-hydrogen) atoms. The Balaban J connectivity index is 1.09. The molecule has 0 bridgehead atoms. The minimum Gasteiger partial charge on any atom is -0.497 e. The molecule has 0 radical (unpaired) electrons. The van der Waals surface area contributed by atoms with Gasteiger partial charge in [-0.3, -0.25) is 9.63 Å². The van der Waals surface area contributed by atoms with Crippen molar-refractivity contribution in [2.24, 2.45) is 5.92 Å². The molecule has 7 fully saturated rings. The fraction of sp³-hybridized carbons (Fsp3) is 0.767. The maximum Gasteiger partial charge on any atom is 0.326 e. The summed E-state index contributed by atoms with van der Waals surface area (Å²) in [4.78, 5) is 19.7. The smallest absolute Gasteiger partial charge is 0.326 e. The van der Waals surface area contributed by atoms with Crippen LogP contribution in [0, 0.1) is 5.92 Å². The van der Waals surface area contributed by atoms with E-state index < -0.39 is 36.1 Å². The number of carbonyl (C=O) groups is 1. The van der Waals surface area contributed by atoms with Crippen molar-refractivity contribution in [3.05, 3.63) is 29.8 Å². The van der Waals surface area contributed by atoms with E-state index in [0.29, 0.717) is 13.2 Å². The van der Waals surface area contributed by atoms with E-state index in [4.69, 9.17) is 38.0 Å². The third-order valence-corrected chi connectivity index (χ3v) is 10.1. The molecular formula is C30H39NO9. The number of cyclic esters (lactones) is 1. The molecule has 10 nitrogen and oxygen atoms in total. The van der Waals surface area contributed by atoms with Gasteiger partial charge in [0.2, 0.25) is 0 Å². The number of esters is 1. The van der Waals surface area contributed by atoms with Crippen molar-refractivity contribution in [3.8, 4) is 5.75 Å². The van der Waals surface area contributed by atoms with Gasteiger partial charge in [0.1, 0.15) is 42.3 Å². The largest absolute Gasteiger partial charge is 0.497 e. The lowest BCUT2D eigenvalue weighted by atomic mass is 9.92. The molecule has 0 unspecified atom stereocenters. The summed E-state index contributed by atoms with van der Waals surface area (Å²) in [6.07, 6.45) is 7.86. The molecule has 1 aromatic rings. The molecule has 5 saturated heterocycles. The molecule has 2 aliphatic carbocycles. The standard InChI is InChI=1S/C30H39NO9/c1-33-19-10-8-18(9-11-19)23-20-16-34-28(32)22(20)31(40-23)27-26-25(38-30(39-26)14-6-3-7-15-30)24(36-27)21-17-35-29(37-21)12-4-2-5-13-29/h8-11,20-27H,2-7,12-17H2,1H3/t20-,21-,22-,23+,24+,25-,26-,27+/m0/s1. The van der Waals surface area contributed by atoms with Gasteiger partial charge in [-0.25, -0.2) is 0 Å². The highest BCUT2D eigenvalue weighted by Gasteiger charge is 2.66. The first-order chi connectivity index (χ1) is 19.6. The van der Waals surface area contributed by atoms with E-state index in [0.717, 1.165) is 62.7 Å². The minimum absolute atomic E-state index is 0.162. The van der Waals surface area contributed by atoms with Crippen LogP contribution in [0.1, 0.15) is 75.9 Å². The highest BCUT2D eigenvalue weighted by Crippen LogP contribution is 2.52. The maximum absolute atomic E-state index is 13.1. The van der Waals surface area contributed by atoms with E-state index in [1.807, 2.05) is 24.3 Å². The Labute approximate surface area is 234 Å². The summed E-state index contributed by atoms with van der Waals surface area (Å²) in [7, 11) is 1.64. The van der Waals surface area contributed by atoms with Crippen molar-refractivity contribution in [1.82, 2.24) is 5.06 Å². The van der Waals surface area contributed by atoms with Crippen molar-refractivity contribution < 1.29 is 42.8 Å². The topological polar surface area (TPSA) is 94.2 Å². The fourth-order valence-corrected chi connectivity index (χ4v) is 8.04. The van der Waals surface area contributed by atoms with Crippen LogP contribution >= 0.6 is 0 Å².